The molecule has 2 aromatic carbocycles. The molecule has 0 radical (unpaired) electrons. The van der Waals surface area contributed by atoms with Crippen LogP contribution in [0.2, 0.25) is 0 Å². The number of nitrogens with one attached hydrogen (secondary N) is 1. The van der Waals surface area contributed by atoms with Crippen LogP contribution in [0.4, 0.5) is 11.4 Å². The number of nitriles is 1. The number of benzene rings is 2. The maximum absolute atomic E-state index is 13.1. The van der Waals surface area contributed by atoms with Gasteiger partial charge < -0.3 is 10.2 Å². The van der Waals surface area contributed by atoms with Crippen LogP contribution in [0.5, 0.6) is 0 Å². The number of hydrogen-bond donors (Lipinski definition) is 1. The largest absolute Gasteiger partial charge is 0.324 e. The number of para-hydroxylation sites is 2. The van der Waals surface area contributed by atoms with Crippen molar-refractivity contribution in [3.63, 3.8) is 0 Å². The topological polar surface area (TPSA) is 76.4 Å². The van der Waals surface area contributed by atoms with E-state index in [2.05, 4.69) is 11.4 Å². The molecule has 1 N–H and O–H groups in total. The zero-order valence-corrected chi connectivity index (χ0v) is 15.5. The smallest absolute Gasteiger partial charge is 0.241 e. The molecular formula is C21H22N4O2. The highest BCUT2D eigenvalue weighted by Gasteiger charge is 2.29. The molecule has 0 saturated carbocycles. The van der Waals surface area contributed by atoms with Crippen LogP contribution in [-0.4, -0.2) is 36.3 Å². The lowest BCUT2D eigenvalue weighted by molar-refractivity contribution is -0.120. The van der Waals surface area contributed by atoms with Gasteiger partial charge in [-0.2, -0.15) is 5.26 Å². The number of rotatable bonds is 4. The maximum Gasteiger partial charge on any atom is 0.241 e. The first-order valence-corrected chi connectivity index (χ1v) is 8.87. The van der Waals surface area contributed by atoms with Crippen molar-refractivity contribution in [1.82, 2.24) is 4.90 Å². The first-order valence-electron chi connectivity index (χ1n) is 8.87. The summed E-state index contributed by atoms with van der Waals surface area (Å²) in [7, 11) is 1.85. The Hall–Kier alpha value is -3.17. The fourth-order valence-corrected chi connectivity index (χ4v) is 3.39. The molecule has 6 nitrogen and oxygen atoms in total. The van der Waals surface area contributed by atoms with Gasteiger partial charge in [-0.3, -0.25) is 14.5 Å². The lowest BCUT2D eigenvalue weighted by atomic mass is 10.1. The van der Waals surface area contributed by atoms with Gasteiger partial charge in [0, 0.05) is 19.0 Å². The number of carbonyl (C=O) groups excluding carboxylic acids is 2. The Morgan fingerprint density at radius 2 is 1.96 bits per heavy atom. The predicted octanol–water partition coefficient (Wildman–Crippen LogP) is 2.75. The van der Waals surface area contributed by atoms with E-state index in [0.717, 1.165) is 5.56 Å². The van der Waals surface area contributed by atoms with Crippen molar-refractivity contribution in [2.24, 2.45) is 0 Å². The second-order valence-corrected chi connectivity index (χ2v) is 6.82. The van der Waals surface area contributed by atoms with Crippen molar-refractivity contribution in [2.45, 2.75) is 25.9 Å². The van der Waals surface area contributed by atoms with Crippen molar-refractivity contribution in [3.05, 3.63) is 59.7 Å². The van der Waals surface area contributed by atoms with E-state index in [-0.39, 0.29) is 30.8 Å². The number of anilines is 2. The average Bonchev–Trinajstić information content (AvgIpc) is 2.76. The van der Waals surface area contributed by atoms with E-state index in [0.29, 0.717) is 23.5 Å². The lowest BCUT2D eigenvalue weighted by Gasteiger charge is -2.29. The molecule has 0 fully saturated rings. The van der Waals surface area contributed by atoms with Crippen molar-refractivity contribution in [2.75, 3.05) is 23.8 Å². The summed E-state index contributed by atoms with van der Waals surface area (Å²) in [5.41, 5.74) is 2.86. The molecule has 1 aliphatic rings. The van der Waals surface area contributed by atoms with Crippen molar-refractivity contribution in [3.8, 4) is 6.07 Å². The Bertz CT molecular complexity index is 903. The third kappa shape index (κ3) is 4.15. The van der Waals surface area contributed by atoms with Crippen LogP contribution in [0, 0.1) is 11.3 Å². The Balaban J connectivity index is 1.78. The molecule has 2 amide bonds. The number of fused-ring (bicyclic) bond motifs is 1. The van der Waals surface area contributed by atoms with Crippen molar-refractivity contribution in [1.29, 1.82) is 5.26 Å². The summed E-state index contributed by atoms with van der Waals surface area (Å²) in [6.07, 6.45) is 0.251. The number of nitrogens with zero attached hydrogens (tertiary/aromatic N) is 3. The molecule has 3 rings (SSSR count). The monoisotopic (exact) mass is 362 g/mol. The molecule has 0 spiro atoms. The van der Waals surface area contributed by atoms with E-state index in [4.69, 9.17) is 0 Å². The molecule has 1 aliphatic heterocycles. The highest BCUT2D eigenvalue weighted by molar-refractivity contribution is 6.04. The molecule has 0 aliphatic carbocycles. The van der Waals surface area contributed by atoms with E-state index in [9.17, 15) is 14.9 Å². The van der Waals surface area contributed by atoms with Gasteiger partial charge in [0.2, 0.25) is 11.8 Å². The molecule has 138 valence electrons. The zero-order chi connectivity index (χ0) is 19.4. The highest BCUT2D eigenvalue weighted by atomic mass is 16.2. The van der Waals surface area contributed by atoms with Crippen LogP contribution in [-0.2, 0) is 16.1 Å². The second-order valence-electron chi connectivity index (χ2n) is 6.82. The normalized spacial score (nSPS) is 16.3. The fraction of sp³-hybridized carbons (Fsp3) is 0.286. The van der Waals surface area contributed by atoms with Crippen molar-refractivity contribution < 1.29 is 9.59 Å². The van der Waals surface area contributed by atoms with E-state index >= 15 is 0 Å². The maximum atomic E-state index is 13.1. The summed E-state index contributed by atoms with van der Waals surface area (Å²) in [5.74, 6) is -0.176. The van der Waals surface area contributed by atoms with Crippen molar-refractivity contribution >= 4 is 23.2 Å². The molecule has 0 saturated heterocycles. The zero-order valence-electron chi connectivity index (χ0n) is 15.5. The van der Waals surface area contributed by atoms with Crippen LogP contribution >= 0.6 is 0 Å². The van der Waals surface area contributed by atoms with Crippen LogP contribution in [0.15, 0.2) is 48.5 Å². The fourth-order valence-electron chi connectivity index (χ4n) is 3.39. The quantitative estimate of drug-likeness (QED) is 0.907. The summed E-state index contributed by atoms with van der Waals surface area (Å²) in [4.78, 5) is 28.7. The number of hydrogen-bond acceptors (Lipinski definition) is 4. The second kappa shape index (κ2) is 8.02. The van der Waals surface area contributed by atoms with Gasteiger partial charge >= 0.3 is 0 Å². The van der Waals surface area contributed by atoms with E-state index in [1.165, 1.54) is 0 Å². The molecule has 1 heterocycles. The molecule has 1 unspecified atom stereocenters. The molecule has 2 aromatic rings. The summed E-state index contributed by atoms with van der Waals surface area (Å²) in [6.45, 7) is 2.56. The first-order chi connectivity index (χ1) is 13.0. The van der Waals surface area contributed by atoms with Gasteiger partial charge in [0.05, 0.1) is 29.6 Å². The van der Waals surface area contributed by atoms with Gasteiger partial charge in [0.25, 0.3) is 0 Å². The highest BCUT2D eigenvalue weighted by Crippen LogP contribution is 2.31. The van der Waals surface area contributed by atoms with Gasteiger partial charge in [0.1, 0.15) is 0 Å². The van der Waals surface area contributed by atoms with Gasteiger partial charge in [-0.15, -0.1) is 0 Å². The minimum atomic E-state index is -0.235. The third-order valence-corrected chi connectivity index (χ3v) is 4.61. The molecule has 1 atom stereocenters. The molecule has 27 heavy (non-hydrogen) atoms. The third-order valence-electron chi connectivity index (χ3n) is 4.61. The summed E-state index contributed by atoms with van der Waals surface area (Å²) in [6, 6.07) is 16.7. The van der Waals surface area contributed by atoms with E-state index < -0.39 is 0 Å². The van der Waals surface area contributed by atoms with Gasteiger partial charge in [-0.05, 0) is 37.7 Å². The molecule has 0 bridgehead atoms. The Labute approximate surface area is 159 Å². The van der Waals surface area contributed by atoms with Gasteiger partial charge in [-0.25, -0.2) is 0 Å². The van der Waals surface area contributed by atoms with E-state index in [1.54, 1.807) is 17.0 Å². The lowest BCUT2D eigenvalue weighted by Crippen LogP contribution is -2.44. The average molecular weight is 362 g/mol. The minimum absolute atomic E-state index is 0.0802. The SMILES string of the molecule is CC1CC(=O)Nc2ccccc2N1C(=O)CN(C)Cc1ccccc1C#N. The number of likely N-dealkylation sites (N-methyl/N-ethyl adjacent to an activating group) is 1. The number of amides is 2. The van der Waals surface area contributed by atoms with Crippen LogP contribution < -0.4 is 10.2 Å². The molecular weight excluding hydrogens is 340 g/mol. The predicted molar refractivity (Wildman–Crippen MR) is 104 cm³/mol. The summed E-state index contributed by atoms with van der Waals surface area (Å²) in [5, 5.41) is 12.1. The standard InChI is InChI=1S/C21H22N4O2/c1-15-11-20(26)23-18-9-5-6-10-19(18)25(15)21(27)14-24(2)13-17-8-4-3-7-16(17)12-22/h3-10,15H,11,13-14H2,1-2H3,(H,23,26). The molecule has 6 heteroatoms. The summed E-state index contributed by atoms with van der Waals surface area (Å²) < 4.78 is 0. The molecule has 0 aromatic heterocycles. The van der Waals surface area contributed by atoms with E-state index in [1.807, 2.05) is 55.3 Å². The number of carbonyl (C=O) groups is 2. The Morgan fingerprint density at radius 1 is 1.26 bits per heavy atom. The first kappa shape index (κ1) is 18.6. The van der Waals surface area contributed by atoms with Gasteiger partial charge in [-0.1, -0.05) is 30.3 Å². The summed E-state index contributed by atoms with van der Waals surface area (Å²) >= 11 is 0. The minimum Gasteiger partial charge on any atom is -0.324 e. The Kier molecular flexibility index (Phi) is 5.53. The van der Waals surface area contributed by atoms with Gasteiger partial charge in [0.15, 0.2) is 0 Å². The Morgan fingerprint density at radius 3 is 2.74 bits per heavy atom. The van der Waals surface area contributed by atoms with Crippen LogP contribution in [0.25, 0.3) is 0 Å². The van der Waals surface area contributed by atoms with Crippen LogP contribution in [0.3, 0.4) is 0 Å². The van der Waals surface area contributed by atoms with Crippen LogP contribution in [0.1, 0.15) is 24.5 Å².